The van der Waals surface area contributed by atoms with Gasteiger partial charge in [0.1, 0.15) is 0 Å². The summed E-state index contributed by atoms with van der Waals surface area (Å²) in [6.07, 6.45) is 9.22. The first-order chi connectivity index (χ1) is 7.65. The summed E-state index contributed by atoms with van der Waals surface area (Å²) in [6, 6.07) is 2.00. The van der Waals surface area contributed by atoms with Crippen molar-refractivity contribution in [1.29, 1.82) is 0 Å². The molecule has 0 spiro atoms. The lowest BCUT2D eigenvalue weighted by atomic mass is 9.79. The van der Waals surface area contributed by atoms with Crippen LogP contribution in [0.25, 0.3) is 0 Å². The lowest BCUT2D eigenvalue weighted by Gasteiger charge is -2.37. The smallest absolute Gasteiger partial charge is 0.00954 e. The number of rotatable bonds is 2. The zero-order valence-electron chi connectivity index (χ0n) is 10.9. The predicted octanol–water partition coefficient (Wildman–Crippen LogP) is 2.67. The molecule has 0 heterocycles. The molecule has 2 aliphatic rings. The summed E-state index contributed by atoms with van der Waals surface area (Å²) in [7, 11) is 0. The van der Waals surface area contributed by atoms with Crippen LogP contribution in [0.4, 0.5) is 0 Å². The topological polar surface area (TPSA) is 38.0 Å². The van der Waals surface area contributed by atoms with Gasteiger partial charge in [0.05, 0.1) is 0 Å². The van der Waals surface area contributed by atoms with E-state index >= 15 is 0 Å². The molecule has 94 valence electrons. The highest BCUT2D eigenvalue weighted by atomic mass is 15.0. The average molecular weight is 224 g/mol. The van der Waals surface area contributed by atoms with Crippen LogP contribution in [-0.4, -0.2) is 18.1 Å². The fraction of sp³-hybridized carbons (Fsp3) is 1.00. The highest BCUT2D eigenvalue weighted by molar-refractivity contribution is 4.86. The number of hydrogen-bond acceptors (Lipinski definition) is 2. The number of nitrogens with one attached hydrogen (secondary N) is 1. The third-order valence-corrected chi connectivity index (χ3v) is 4.65. The van der Waals surface area contributed by atoms with Crippen LogP contribution in [0.3, 0.4) is 0 Å². The van der Waals surface area contributed by atoms with E-state index in [1.54, 1.807) is 0 Å². The fourth-order valence-corrected chi connectivity index (χ4v) is 3.50. The minimum Gasteiger partial charge on any atom is -0.328 e. The summed E-state index contributed by atoms with van der Waals surface area (Å²) >= 11 is 0. The summed E-state index contributed by atoms with van der Waals surface area (Å²) in [5, 5.41) is 3.89. The van der Waals surface area contributed by atoms with E-state index in [1.165, 1.54) is 44.9 Å². The van der Waals surface area contributed by atoms with Gasteiger partial charge in [-0.3, -0.25) is 0 Å². The van der Waals surface area contributed by atoms with Crippen LogP contribution in [0.1, 0.15) is 58.8 Å². The van der Waals surface area contributed by atoms with Gasteiger partial charge in [-0.1, -0.05) is 13.8 Å². The molecule has 0 amide bonds. The molecule has 3 unspecified atom stereocenters. The van der Waals surface area contributed by atoms with Gasteiger partial charge in [-0.15, -0.1) is 0 Å². The maximum atomic E-state index is 5.95. The van der Waals surface area contributed by atoms with E-state index in [9.17, 15) is 0 Å². The Balaban J connectivity index is 1.76. The molecule has 3 atom stereocenters. The van der Waals surface area contributed by atoms with Crippen molar-refractivity contribution in [3.63, 3.8) is 0 Å². The Kier molecular flexibility index (Phi) is 4.26. The standard InChI is InChI=1S/C14H28N2/c1-10-3-8-14(11(2)9-10)16-13-6-4-12(15)5-7-13/h10-14,16H,3-9,15H2,1-2H3. The molecule has 0 aromatic carbocycles. The molecule has 2 heteroatoms. The molecular weight excluding hydrogens is 196 g/mol. The summed E-state index contributed by atoms with van der Waals surface area (Å²) < 4.78 is 0. The van der Waals surface area contributed by atoms with Gasteiger partial charge in [-0.2, -0.15) is 0 Å². The Bertz CT molecular complexity index is 209. The molecule has 2 rings (SSSR count). The van der Waals surface area contributed by atoms with Gasteiger partial charge >= 0.3 is 0 Å². The van der Waals surface area contributed by atoms with Crippen molar-refractivity contribution in [3.05, 3.63) is 0 Å². The van der Waals surface area contributed by atoms with Gasteiger partial charge in [0.2, 0.25) is 0 Å². The van der Waals surface area contributed by atoms with E-state index in [1.807, 2.05) is 0 Å². The quantitative estimate of drug-likeness (QED) is 0.757. The zero-order valence-corrected chi connectivity index (χ0v) is 10.9. The van der Waals surface area contributed by atoms with Crippen molar-refractivity contribution in [2.24, 2.45) is 17.6 Å². The third-order valence-electron chi connectivity index (χ3n) is 4.65. The third kappa shape index (κ3) is 3.21. The van der Waals surface area contributed by atoms with Crippen molar-refractivity contribution >= 4 is 0 Å². The summed E-state index contributed by atoms with van der Waals surface area (Å²) in [4.78, 5) is 0. The Hall–Kier alpha value is -0.0800. The van der Waals surface area contributed by atoms with E-state index in [0.717, 1.165) is 23.9 Å². The Labute approximate surface area is 100 Å². The molecule has 0 radical (unpaired) electrons. The molecule has 2 nitrogen and oxygen atoms in total. The van der Waals surface area contributed by atoms with Gasteiger partial charge in [0.15, 0.2) is 0 Å². The second-order valence-corrected chi connectivity index (χ2v) is 6.28. The van der Waals surface area contributed by atoms with Crippen molar-refractivity contribution < 1.29 is 0 Å². The molecule has 0 aromatic heterocycles. The Morgan fingerprint density at radius 3 is 2.25 bits per heavy atom. The number of nitrogens with two attached hydrogens (primary N) is 1. The van der Waals surface area contributed by atoms with Gasteiger partial charge in [0, 0.05) is 18.1 Å². The van der Waals surface area contributed by atoms with Crippen LogP contribution in [-0.2, 0) is 0 Å². The van der Waals surface area contributed by atoms with E-state index in [2.05, 4.69) is 19.2 Å². The van der Waals surface area contributed by atoms with Crippen LogP contribution in [0, 0.1) is 11.8 Å². The van der Waals surface area contributed by atoms with E-state index in [-0.39, 0.29) is 0 Å². The molecule has 0 bridgehead atoms. The van der Waals surface area contributed by atoms with Crippen molar-refractivity contribution in [2.75, 3.05) is 0 Å². The van der Waals surface area contributed by atoms with E-state index in [4.69, 9.17) is 5.73 Å². The molecule has 2 fully saturated rings. The molecule has 0 saturated heterocycles. The highest BCUT2D eigenvalue weighted by Gasteiger charge is 2.28. The molecular formula is C14H28N2. The summed E-state index contributed by atoms with van der Waals surface area (Å²) in [5.74, 6) is 1.80. The molecule has 3 N–H and O–H groups in total. The van der Waals surface area contributed by atoms with Crippen LogP contribution in [0.2, 0.25) is 0 Å². The van der Waals surface area contributed by atoms with E-state index in [0.29, 0.717) is 6.04 Å². The van der Waals surface area contributed by atoms with E-state index < -0.39 is 0 Å². The first-order valence-electron chi connectivity index (χ1n) is 7.16. The first-order valence-corrected chi connectivity index (χ1v) is 7.16. The SMILES string of the molecule is CC1CCC(NC2CCC(N)CC2)C(C)C1. The molecule has 16 heavy (non-hydrogen) atoms. The lowest BCUT2D eigenvalue weighted by Crippen LogP contribution is -2.47. The average Bonchev–Trinajstić information content (AvgIpc) is 2.25. The van der Waals surface area contributed by atoms with Crippen LogP contribution >= 0.6 is 0 Å². The second-order valence-electron chi connectivity index (χ2n) is 6.28. The maximum absolute atomic E-state index is 5.95. The maximum Gasteiger partial charge on any atom is 0.00954 e. The molecule has 0 aliphatic heterocycles. The first kappa shape index (κ1) is 12.4. The largest absolute Gasteiger partial charge is 0.328 e. The molecule has 2 aliphatic carbocycles. The van der Waals surface area contributed by atoms with Gasteiger partial charge in [0.25, 0.3) is 0 Å². The van der Waals surface area contributed by atoms with Crippen LogP contribution in [0.5, 0.6) is 0 Å². The van der Waals surface area contributed by atoms with Crippen LogP contribution < -0.4 is 11.1 Å². The van der Waals surface area contributed by atoms with Crippen molar-refractivity contribution in [3.8, 4) is 0 Å². The second kappa shape index (κ2) is 5.50. The van der Waals surface area contributed by atoms with Crippen molar-refractivity contribution in [1.82, 2.24) is 5.32 Å². The molecule has 2 saturated carbocycles. The summed E-state index contributed by atoms with van der Waals surface area (Å²) in [5.41, 5.74) is 5.95. The monoisotopic (exact) mass is 224 g/mol. The van der Waals surface area contributed by atoms with Crippen molar-refractivity contribution in [2.45, 2.75) is 76.9 Å². The summed E-state index contributed by atoms with van der Waals surface area (Å²) in [6.45, 7) is 4.81. The predicted molar refractivity (Wildman–Crippen MR) is 69.3 cm³/mol. The fourth-order valence-electron chi connectivity index (χ4n) is 3.50. The van der Waals surface area contributed by atoms with Gasteiger partial charge in [-0.25, -0.2) is 0 Å². The minimum absolute atomic E-state index is 0.474. The minimum atomic E-state index is 0.474. The highest BCUT2D eigenvalue weighted by Crippen LogP contribution is 2.30. The lowest BCUT2D eigenvalue weighted by molar-refractivity contribution is 0.196. The molecule has 0 aromatic rings. The zero-order chi connectivity index (χ0) is 11.5. The Morgan fingerprint density at radius 2 is 1.62 bits per heavy atom. The van der Waals surface area contributed by atoms with Gasteiger partial charge < -0.3 is 11.1 Å². The van der Waals surface area contributed by atoms with Gasteiger partial charge in [-0.05, 0) is 56.8 Å². The normalized spacial score (nSPS) is 45.6. The Morgan fingerprint density at radius 1 is 0.938 bits per heavy atom. The van der Waals surface area contributed by atoms with Crippen LogP contribution in [0.15, 0.2) is 0 Å². The number of hydrogen-bond donors (Lipinski definition) is 2.